The smallest absolute Gasteiger partial charge is 0.217 e. The van der Waals surface area contributed by atoms with Crippen LogP contribution < -0.4 is 5.32 Å². The van der Waals surface area contributed by atoms with Crippen LogP contribution in [0.15, 0.2) is 35.1 Å². The Kier molecular flexibility index (Phi) is 4.35. The summed E-state index contributed by atoms with van der Waals surface area (Å²) >= 11 is 3.59. The molecule has 1 heterocycles. The summed E-state index contributed by atoms with van der Waals surface area (Å²) in [4.78, 5) is 4.00. The van der Waals surface area contributed by atoms with Crippen molar-refractivity contribution in [2.45, 2.75) is 19.9 Å². The van der Waals surface area contributed by atoms with Gasteiger partial charge in [-0.25, -0.2) is 4.98 Å². The van der Waals surface area contributed by atoms with Crippen LogP contribution in [0.1, 0.15) is 31.3 Å². The zero-order valence-corrected chi connectivity index (χ0v) is 12.5. The molecular formula is C14H15BrN4. The number of nitriles is 1. The third kappa shape index (κ3) is 2.86. The van der Waals surface area contributed by atoms with Crippen molar-refractivity contribution < 1.29 is 0 Å². The quantitative estimate of drug-likeness (QED) is 0.942. The maximum Gasteiger partial charge on any atom is 0.217 e. The molecule has 4 nitrogen and oxygen atoms in total. The van der Waals surface area contributed by atoms with Crippen molar-refractivity contribution in [3.63, 3.8) is 0 Å². The highest BCUT2D eigenvalue weighted by atomic mass is 79.9. The summed E-state index contributed by atoms with van der Waals surface area (Å²) in [5.41, 5.74) is 2.12. The molecule has 5 heteroatoms. The molecule has 0 aliphatic heterocycles. The van der Waals surface area contributed by atoms with Gasteiger partial charge in [-0.15, -0.1) is 0 Å². The zero-order chi connectivity index (χ0) is 13.8. The van der Waals surface area contributed by atoms with Gasteiger partial charge in [0.05, 0.1) is 0 Å². The summed E-state index contributed by atoms with van der Waals surface area (Å²) in [5.74, 6) is 0.388. The first-order valence-corrected chi connectivity index (χ1v) is 6.93. The van der Waals surface area contributed by atoms with Gasteiger partial charge < -0.3 is 5.32 Å². The molecule has 2 rings (SSSR count). The van der Waals surface area contributed by atoms with Gasteiger partial charge in [-0.05, 0) is 31.2 Å². The van der Waals surface area contributed by atoms with Crippen molar-refractivity contribution in [2.24, 2.45) is 0 Å². The average molecular weight is 319 g/mol. The van der Waals surface area contributed by atoms with Crippen LogP contribution in [-0.2, 0) is 0 Å². The van der Waals surface area contributed by atoms with Gasteiger partial charge in [-0.3, -0.25) is 4.57 Å². The second-order valence-electron chi connectivity index (χ2n) is 4.22. The first kappa shape index (κ1) is 13.8. The van der Waals surface area contributed by atoms with E-state index in [9.17, 15) is 0 Å². The molecule has 1 N–H and O–H groups in total. The molecule has 0 saturated heterocycles. The molecule has 2 aromatic rings. The molecule has 19 heavy (non-hydrogen) atoms. The van der Waals surface area contributed by atoms with E-state index in [2.05, 4.69) is 52.2 Å². The largest absolute Gasteiger partial charge is 0.310 e. The fraction of sp³-hybridized carbons (Fsp3) is 0.286. The minimum atomic E-state index is 0.284. The maximum absolute atomic E-state index is 9.00. The lowest BCUT2D eigenvalue weighted by Gasteiger charge is -2.15. The normalized spacial score (nSPS) is 12.1. The van der Waals surface area contributed by atoms with Gasteiger partial charge >= 0.3 is 0 Å². The number of hydrogen-bond donors (Lipinski definition) is 1. The Balaban J connectivity index is 2.37. The molecule has 0 spiro atoms. The number of imidazole rings is 1. The van der Waals surface area contributed by atoms with Crippen LogP contribution in [0, 0.1) is 11.3 Å². The highest BCUT2D eigenvalue weighted by molar-refractivity contribution is 9.10. The molecule has 0 fully saturated rings. The van der Waals surface area contributed by atoms with Crippen LogP contribution in [-0.4, -0.2) is 16.1 Å². The van der Waals surface area contributed by atoms with Crippen LogP contribution in [0.25, 0.3) is 5.69 Å². The summed E-state index contributed by atoms with van der Waals surface area (Å²) in [6.45, 7) is 5.14. The molecule has 0 aliphatic rings. The standard InChI is InChI=1S/C14H15BrN4/c1-3-17-10(2)12-5-4-11(8-13(12)15)19-7-6-18-14(19)9-16/h4-8,10,17H,3H2,1-2H3. The minimum Gasteiger partial charge on any atom is -0.310 e. The van der Waals surface area contributed by atoms with Crippen molar-refractivity contribution in [1.29, 1.82) is 5.26 Å². The van der Waals surface area contributed by atoms with E-state index in [1.807, 2.05) is 12.1 Å². The lowest BCUT2D eigenvalue weighted by Crippen LogP contribution is -2.18. The molecule has 0 amide bonds. The molecule has 1 atom stereocenters. The number of nitrogens with one attached hydrogen (secondary N) is 1. The van der Waals surface area contributed by atoms with Crippen LogP contribution in [0.3, 0.4) is 0 Å². The van der Waals surface area contributed by atoms with Crippen LogP contribution in [0.4, 0.5) is 0 Å². The van der Waals surface area contributed by atoms with E-state index in [4.69, 9.17) is 5.26 Å². The maximum atomic E-state index is 9.00. The van der Waals surface area contributed by atoms with Crippen LogP contribution in [0.5, 0.6) is 0 Å². The summed E-state index contributed by atoms with van der Waals surface area (Å²) in [7, 11) is 0. The summed E-state index contributed by atoms with van der Waals surface area (Å²) in [6.07, 6.45) is 3.41. The summed E-state index contributed by atoms with van der Waals surface area (Å²) < 4.78 is 2.79. The molecule has 1 unspecified atom stereocenters. The van der Waals surface area contributed by atoms with Gasteiger partial charge in [0.1, 0.15) is 6.07 Å². The SMILES string of the molecule is CCNC(C)c1ccc(-n2ccnc2C#N)cc1Br. The Labute approximate surface area is 121 Å². The molecule has 0 aliphatic carbocycles. The fourth-order valence-electron chi connectivity index (χ4n) is 2.03. The second kappa shape index (κ2) is 6.00. The van der Waals surface area contributed by atoms with Gasteiger partial charge in [-0.1, -0.05) is 28.9 Å². The third-order valence-electron chi connectivity index (χ3n) is 2.98. The lowest BCUT2D eigenvalue weighted by molar-refractivity contribution is 0.596. The summed E-state index contributed by atoms with van der Waals surface area (Å²) in [5, 5.41) is 12.4. The van der Waals surface area contributed by atoms with E-state index in [1.54, 1.807) is 17.0 Å². The molecule has 1 aromatic carbocycles. The Hall–Kier alpha value is -1.64. The van der Waals surface area contributed by atoms with Crippen molar-refractivity contribution in [1.82, 2.24) is 14.9 Å². The molecule has 0 saturated carbocycles. The molecule has 98 valence electrons. The zero-order valence-electron chi connectivity index (χ0n) is 10.9. The van der Waals surface area contributed by atoms with Gasteiger partial charge in [0.2, 0.25) is 5.82 Å². The number of benzene rings is 1. The number of aromatic nitrogens is 2. The van der Waals surface area contributed by atoms with E-state index in [0.717, 1.165) is 16.7 Å². The van der Waals surface area contributed by atoms with E-state index < -0.39 is 0 Å². The lowest BCUT2D eigenvalue weighted by atomic mass is 10.1. The minimum absolute atomic E-state index is 0.284. The van der Waals surface area contributed by atoms with E-state index in [-0.39, 0.29) is 6.04 Å². The first-order chi connectivity index (χ1) is 9.17. The second-order valence-corrected chi connectivity index (χ2v) is 5.07. The van der Waals surface area contributed by atoms with Crippen molar-refractivity contribution in [2.75, 3.05) is 6.54 Å². The predicted octanol–water partition coefficient (Wildman–Crippen LogP) is 3.18. The van der Waals surface area contributed by atoms with Crippen LogP contribution >= 0.6 is 15.9 Å². The Morgan fingerprint density at radius 2 is 2.32 bits per heavy atom. The number of rotatable bonds is 4. The first-order valence-electron chi connectivity index (χ1n) is 6.14. The van der Waals surface area contributed by atoms with E-state index in [0.29, 0.717) is 5.82 Å². The van der Waals surface area contributed by atoms with E-state index >= 15 is 0 Å². The highest BCUT2D eigenvalue weighted by Crippen LogP contribution is 2.26. The van der Waals surface area contributed by atoms with Crippen molar-refractivity contribution >= 4 is 15.9 Å². The molecule has 0 bridgehead atoms. The monoisotopic (exact) mass is 318 g/mol. The Morgan fingerprint density at radius 1 is 1.53 bits per heavy atom. The van der Waals surface area contributed by atoms with Gasteiger partial charge in [-0.2, -0.15) is 5.26 Å². The fourth-order valence-corrected chi connectivity index (χ4v) is 2.74. The number of nitrogens with zero attached hydrogens (tertiary/aromatic N) is 3. The van der Waals surface area contributed by atoms with Crippen molar-refractivity contribution in [3.8, 4) is 11.8 Å². The Bertz CT molecular complexity index is 612. The van der Waals surface area contributed by atoms with Crippen molar-refractivity contribution in [3.05, 3.63) is 46.5 Å². The average Bonchev–Trinajstić information content (AvgIpc) is 2.87. The third-order valence-corrected chi connectivity index (χ3v) is 3.67. The van der Waals surface area contributed by atoms with E-state index in [1.165, 1.54) is 5.56 Å². The molecule has 1 aromatic heterocycles. The molecule has 0 radical (unpaired) electrons. The van der Waals surface area contributed by atoms with Gasteiger partial charge in [0, 0.05) is 28.6 Å². The van der Waals surface area contributed by atoms with Gasteiger partial charge in [0.15, 0.2) is 0 Å². The van der Waals surface area contributed by atoms with Crippen LogP contribution in [0.2, 0.25) is 0 Å². The number of hydrogen-bond acceptors (Lipinski definition) is 3. The highest BCUT2D eigenvalue weighted by Gasteiger charge is 2.10. The molecular weight excluding hydrogens is 304 g/mol. The predicted molar refractivity (Wildman–Crippen MR) is 78.1 cm³/mol. The van der Waals surface area contributed by atoms with Gasteiger partial charge in [0.25, 0.3) is 0 Å². The topological polar surface area (TPSA) is 53.6 Å². The number of halogens is 1. The summed E-state index contributed by atoms with van der Waals surface area (Å²) in [6, 6.07) is 8.42. The Morgan fingerprint density at radius 3 is 2.95 bits per heavy atom.